The van der Waals surface area contributed by atoms with Crippen LogP contribution in [0.15, 0.2) is 48.5 Å². The number of anilines is 2. The molecule has 31 heavy (non-hydrogen) atoms. The number of fused-ring (bicyclic) bond motifs is 1. The molecule has 2 heterocycles. The monoisotopic (exact) mass is 440 g/mol. The number of carbonyl (C=O) groups excluding carboxylic acids is 2. The van der Waals surface area contributed by atoms with E-state index >= 15 is 0 Å². The smallest absolute Gasteiger partial charge is 0.251 e. The molecule has 9 heteroatoms. The van der Waals surface area contributed by atoms with E-state index in [9.17, 15) is 9.59 Å². The Balaban J connectivity index is 1.60. The number of nitrogens with zero attached hydrogens (tertiary/aromatic N) is 2. The lowest BCUT2D eigenvalue weighted by molar-refractivity contribution is -0.123. The number of aromatic nitrogens is 2. The van der Waals surface area contributed by atoms with Crippen molar-refractivity contribution in [2.75, 3.05) is 24.9 Å². The van der Waals surface area contributed by atoms with Gasteiger partial charge in [-0.3, -0.25) is 9.59 Å². The maximum Gasteiger partial charge on any atom is 0.251 e. The predicted octanol–water partition coefficient (Wildman–Crippen LogP) is 3.88. The maximum atomic E-state index is 12.7. The zero-order valence-corrected chi connectivity index (χ0v) is 17.8. The molecule has 1 aliphatic heterocycles. The van der Waals surface area contributed by atoms with E-state index in [2.05, 4.69) is 15.7 Å². The molecule has 0 saturated heterocycles. The first-order chi connectivity index (χ1) is 15.0. The van der Waals surface area contributed by atoms with Gasteiger partial charge in [0, 0.05) is 23.4 Å². The number of ether oxygens (including phenoxy) is 2. The molecule has 0 fully saturated rings. The van der Waals surface area contributed by atoms with Crippen molar-refractivity contribution in [2.24, 2.45) is 0 Å². The van der Waals surface area contributed by atoms with Gasteiger partial charge in [-0.2, -0.15) is 5.10 Å². The van der Waals surface area contributed by atoms with Crippen molar-refractivity contribution in [1.82, 2.24) is 9.78 Å². The Morgan fingerprint density at radius 3 is 2.68 bits per heavy atom. The van der Waals surface area contributed by atoms with Crippen molar-refractivity contribution in [1.29, 1.82) is 0 Å². The van der Waals surface area contributed by atoms with Crippen LogP contribution in [0.5, 0.6) is 5.75 Å². The van der Waals surface area contributed by atoms with Gasteiger partial charge in [-0.25, -0.2) is 4.68 Å². The Labute approximate surface area is 184 Å². The maximum absolute atomic E-state index is 12.7. The largest absolute Gasteiger partial charge is 0.497 e. The third-order valence-corrected chi connectivity index (χ3v) is 5.20. The van der Waals surface area contributed by atoms with Gasteiger partial charge in [0.25, 0.3) is 5.91 Å². The van der Waals surface area contributed by atoms with Crippen molar-refractivity contribution in [2.45, 2.75) is 19.1 Å². The second-order valence-corrected chi connectivity index (χ2v) is 7.48. The summed E-state index contributed by atoms with van der Waals surface area (Å²) in [7, 11) is 3.15. The second-order valence-electron chi connectivity index (χ2n) is 7.04. The molecule has 0 aliphatic carbocycles. The van der Waals surface area contributed by atoms with Gasteiger partial charge in [-0.1, -0.05) is 23.7 Å². The second kappa shape index (κ2) is 8.79. The van der Waals surface area contributed by atoms with Gasteiger partial charge >= 0.3 is 0 Å². The minimum Gasteiger partial charge on any atom is -0.497 e. The third kappa shape index (κ3) is 4.26. The Bertz CT molecular complexity index is 1130. The van der Waals surface area contributed by atoms with E-state index in [0.29, 0.717) is 28.0 Å². The molecule has 2 amide bonds. The highest BCUT2D eigenvalue weighted by Crippen LogP contribution is 2.39. The van der Waals surface area contributed by atoms with E-state index in [1.165, 1.54) is 0 Å². The average molecular weight is 441 g/mol. The summed E-state index contributed by atoms with van der Waals surface area (Å²) in [5.74, 6) is 0.626. The van der Waals surface area contributed by atoms with Crippen LogP contribution in [-0.4, -0.2) is 35.8 Å². The summed E-state index contributed by atoms with van der Waals surface area (Å²) < 4.78 is 12.0. The van der Waals surface area contributed by atoms with E-state index < -0.39 is 6.04 Å². The van der Waals surface area contributed by atoms with Crippen LogP contribution in [0.2, 0.25) is 5.02 Å². The normalized spacial score (nSPS) is 14.8. The molecular weight excluding hydrogens is 420 g/mol. The van der Waals surface area contributed by atoms with Crippen molar-refractivity contribution >= 4 is 34.9 Å². The summed E-state index contributed by atoms with van der Waals surface area (Å²) >= 11 is 6.16. The van der Waals surface area contributed by atoms with Crippen molar-refractivity contribution in [3.05, 3.63) is 59.2 Å². The van der Waals surface area contributed by atoms with Crippen LogP contribution >= 0.6 is 11.6 Å². The highest BCUT2D eigenvalue weighted by Gasteiger charge is 2.37. The molecule has 0 saturated carbocycles. The lowest BCUT2D eigenvalue weighted by atomic mass is 10.1. The van der Waals surface area contributed by atoms with Gasteiger partial charge in [-0.15, -0.1) is 0 Å². The molecule has 160 valence electrons. The lowest BCUT2D eigenvalue weighted by Crippen LogP contribution is -2.24. The molecule has 4 rings (SSSR count). The number of halogens is 1. The first-order valence-corrected chi connectivity index (χ1v) is 9.99. The van der Waals surface area contributed by atoms with Gasteiger partial charge in [0.05, 0.1) is 25.8 Å². The standard InChI is InChI=1S/C22H21ClN4O4/c1-30-12-17-20(13-4-3-5-14(23)10-13)21-25-22(29)18(27(21)26-17)11-19(28)24-15-6-8-16(31-2)9-7-15/h3-10,18H,11-12H2,1-2H3,(H,24,28)(H,25,29). The number of benzene rings is 2. The quantitative estimate of drug-likeness (QED) is 0.581. The van der Waals surface area contributed by atoms with Gasteiger partial charge in [0.15, 0.2) is 0 Å². The van der Waals surface area contributed by atoms with Crippen molar-refractivity contribution in [3.63, 3.8) is 0 Å². The van der Waals surface area contributed by atoms with Gasteiger partial charge in [0.2, 0.25) is 5.91 Å². The van der Waals surface area contributed by atoms with E-state index in [0.717, 1.165) is 11.1 Å². The number of rotatable bonds is 7. The van der Waals surface area contributed by atoms with E-state index in [1.54, 1.807) is 55.3 Å². The molecule has 1 unspecified atom stereocenters. The Hall–Kier alpha value is -3.36. The highest BCUT2D eigenvalue weighted by atomic mass is 35.5. The first-order valence-electron chi connectivity index (χ1n) is 9.61. The minimum absolute atomic E-state index is 0.0616. The molecule has 3 aromatic rings. The summed E-state index contributed by atoms with van der Waals surface area (Å²) in [6, 6.07) is 13.5. The highest BCUT2D eigenvalue weighted by molar-refractivity contribution is 6.30. The predicted molar refractivity (Wildman–Crippen MR) is 117 cm³/mol. The zero-order valence-electron chi connectivity index (χ0n) is 17.0. The van der Waals surface area contributed by atoms with Crippen LogP contribution in [0.3, 0.4) is 0 Å². The number of hydrogen-bond acceptors (Lipinski definition) is 5. The third-order valence-electron chi connectivity index (χ3n) is 4.97. The zero-order chi connectivity index (χ0) is 22.0. The summed E-state index contributed by atoms with van der Waals surface area (Å²) in [5, 5.41) is 10.8. The fraction of sp³-hybridized carbons (Fsp3) is 0.227. The fourth-order valence-electron chi connectivity index (χ4n) is 3.56. The Morgan fingerprint density at radius 2 is 2.00 bits per heavy atom. The number of amides is 2. The SMILES string of the molecule is COCc1nn2c(c1-c1cccc(Cl)c1)NC(=O)C2CC(=O)Nc1ccc(OC)cc1. The van der Waals surface area contributed by atoms with Crippen molar-refractivity contribution in [3.8, 4) is 16.9 Å². The fourth-order valence-corrected chi connectivity index (χ4v) is 3.75. The van der Waals surface area contributed by atoms with E-state index in [-0.39, 0.29) is 24.8 Å². The Kier molecular flexibility index (Phi) is 5.92. The molecule has 1 aromatic heterocycles. The molecular formula is C22H21ClN4O4. The van der Waals surface area contributed by atoms with Crippen LogP contribution in [0.4, 0.5) is 11.5 Å². The van der Waals surface area contributed by atoms with Gasteiger partial charge < -0.3 is 20.1 Å². The van der Waals surface area contributed by atoms with Gasteiger partial charge in [0.1, 0.15) is 17.6 Å². The molecule has 8 nitrogen and oxygen atoms in total. The van der Waals surface area contributed by atoms with Crippen LogP contribution in [0.1, 0.15) is 18.2 Å². The number of nitrogens with one attached hydrogen (secondary N) is 2. The molecule has 2 N–H and O–H groups in total. The summed E-state index contributed by atoms with van der Waals surface area (Å²) in [5.41, 5.74) is 2.81. The Morgan fingerprint density at radius 1 is 1.23 bits per heavy atom. The molecule has 0 radical (unpaired) electrons. The number of carbonyl (C=O) groups is 2. The van der Waals surface area contributed by atoms with Gasteiger partial charge in [-0.05, 0) is 42.0 Å². The lowest BCUT2D eigenvalue weighted by Gasteiger charge is -2.10. The molecule has 1 atom stereocenters. The van der Waals surface area contributed by atoms with E-state index in [4.69, 9.17) is 21.1 Å². The minimum atomic E-state index is -0.767. The summed E-state index contributed by atoms with van der Waals surface area (Å²) in [6.45, 7) is 0.252. The molecule has 2 aromatic carbocycles. The first kappa shape index (κ1) is 20.9. The van der Waals surface area contributed by atoms with Crippen LogP contribution in [-0.2, 0) is 20.9 Å². The van der Waals surface area contributed by atoms with Crippen molar-refractivity contribution < 1.29 is 19.1 Å². The molecule has 0 bridgehead atoms. The summed E-state index contributed by atoms with van der Waals surface area (Å²) in [4.78, 5) is 25.3. The van der Waals surface area contributed by atoms with Crippen LogP contribution in [0, 0.1) is 0 Å². The average Bonchev–Trinajstić information content (AvgIpc) is 3.24. The molecule has 0 spiro atoms. The number of hydrogen-bond donors (Lipinski definition) is 2. The van der Waals surface area contributed by atoms with Crippen LogP contribution in [0.25, 0.3) is 11.1 Å². The van der Waals surface area contributed by atoms with E-state index in [1.807, 2.05) is 12.1 Å². The van der Waals surface area contributed by atoms with Crippen LogP contribution < -0.4 is 15.4 Å². The topological polar surface area (TPSA) is 94.5 Å². The summed E-state index contributed by atoms with van der Waals surface area (Å²) in [6.07, 6.45) is -0.0616. The number of methoxy groups -OCH3 is 2. The molecule has 1 aliphatic rings.